The van der Waals surface area contributed by atoms with E-state index in [4.69, 9.17) is 9.82 Å². The summed E-state index contributed by atoms with van der Waals surface area (Å²) in [4.78, 5) is 57.1. The molecule has 8 rings (SSSR count). The summed E-state index contributed by atoms with van der Waals surface area (Å²) >= 11 is 4.21. The Hall–Kier alpha value is -6.03. The zero-order valence-electron chi connectivity index (χ0n) is 29.4. The topological polar surface area (TPSA) is 151 Å². The van der Waals surface area contributed by atoms with E-state index >= 15 is 0 Å². The van der Waals surface area contributed by atoms with Crippen molar-refractivity contribution in [1.29, 1.82) is 0 Å². The molecule has 6 aromatic rings. The number of aryl methyl sites for hydroxylation is 1. The number of carbonyl (C=O) groups excluding carboxylic acids is 2. The van der Waals surface area contributed by atoms with Crippen molar-refractivity contribution in [2.24, 2.45) is 5.16 Å². The number of hydrogen-bond donors (Lipinski definition) is 3. The Labute approximate surface area is 327 Å². The minimum absolute atomic E-state index is 0.0993. The van der Waals surface area contributed by atoms with Crippen LogP contribution in [0.1, 0.15) is 33.0 Å². The van der Waals surface area contributed by atoms with Gasteiger partial charge in [0.15, 0.2) is 10.8 Å². The fraction of sp³-hybridized carbons (Fsp3) is 0.150. The smallest absolute Gasteiger partial charge is 0.352 e. The van der Waals surface area contributed by atoms with Crippen molar-refractivity contribution in [3.8, 4) is 0 Å². The summed E-state index contributed by atoms with van der Waals surface area (Å²) in [6, 6.07) is 29.2. The average molecular weight is 788 g/mol. The van der Waals surface area contributed by atoms with E-state index in [-0.39, 0.29) is 17.1 Å². The molecule has 276 valence electrons. The largest absolute Gasteiger partial charge is 0.477 e. The third kappa shape index (κ3) is 6.49. The number of carboxylic acid groups (broad SMARTS) is 1. The first kappa shape index (κ1) is 36.0. The van der Waals surface area contributed by atoms with Crippen LogP contribution in [-0.2, 0) is 24.8 Å². The number of imidazole rings is 1. The molecule has 2 atom stereocenters. The van der Waals surface area contributed by atoms with Crippen molar-refractivity contribution in [3.63, 3.8) is 0 Å². The molecular weight excluding hydrogens is 755 g/mol. The zero-order valence-corrected chi connectivity index (χ0v) is 31.9. The van der Waals surface area contributed by atoms with Gasteiger partial charge in [-0.1, -0.05) is 102 Å². The second-order valence-corrected chi connectivity index (χ2v) is 15.7. The van der Waals surface area contributed by atoms with Crippen molar-refractivity contribution in [3.05, 3.63) is 159 Å². The highest BCUT2D eigenvalue weighted by molar-refractivity contribution is 8.00. The van der Waals surface area contributed by atoms with Crippen LogP contribution in [0.25, 0.3) is 10.9 Å². The van der Waals surface area contributed by atoms with Crippen LogP contribution >= 0.6 is 34.4 Å². The molecule has 15 heteroatoms. The highest BCUT2D eigenvalue weighted by Crippen LogP contribution is 2.42. The maximum absolute atomic E-state index is 13.8. The second-order valence-electron chi connectivity index (χ2n) is 12.7. The fourth-order valence-corrected chi connectivity index (χ4v) is 9.98. The van der Waals surface area contributed by atoms with E-state index in [1.54, 1.807) is 24.0 Å². The number of aromatic nitrogens is 3. The van der Waals surface area contributed by atoms with Gasteiger partial charge >= 0.3 is 5.97 Å². The van der Waals surface area contributed by atoms with E-state index in [9.17, 15) is 19.5 Å². The van der Waals surface area contributed by atoms with Gasteiger partial charge in [0.25, 0.3) is 11.8 Å². The number of fused-ring (bicyclic) bond motifs is 2. The Morgan fingerprint density at radius 2 is 1.62 bits per heavy atom. The molecule has 5 heterocycles. The number of carbonyl (C=O) groups is 3. The number of carboxylic acids is 1. The van der Waals surface area contributed by atoms with Crippen LogP contribution in [0.2, 0.25) is 0 Å². The number of rotatable bonds is 12. The number of thiazole rings is 2. The fourth-order valence-electron chi connectivity index (χ4n) is 6.90. The predicted molar refractivity (Wildman–Crippen MR) is 215 cm³/mol. The zero-order chi connectivity index (χ0) is 38.1. The molecule has 0 unspecified atom stereocenters. The molecule has 12 nitrogen and oxygen atoms in total. The Kier molecular flexibility index (Phi) is 9.82. The number of amides is 2. The number of allylic oxidation sites excluding steroid dienone is 1. The number of β-lactam (4-membered cyclic amide) rings is 1. The van der Waals surface area contributed by atoms with E-state index < -0.39 is 34.7 Å². The van der Waals surface area contributed by atoms with Gasteiger partial charge in [-0.3, -0.25) is 18.9 Å². The number of nitrogens with one attached hydrogen (secondary N) is 2. The van der Waals surface area contributed by atoms with Crippen molar-refractivity contribution < 1.29 is 24.3 Å². The lowest BCUT2D eigenvalue weighted by Crippen LogP contribution is -2.71. The molecular formula is C40H33N7O5S3. The molecule has 55 heavy (non-hydrogen) atoms. The SMILES string of the molecule is CON=C(C(=O)N[C@@H]1C(=O)N2C(C(=O)O)=C(C=Cc3sc4cncn4c3C)CS[C@H]12)c1csc(NC(c2ccccc2)(c2ccccc2)c2ccccc2)n1. The van der Waals surface area contributed by atoms with Gasteiger partial charge in [0.1, 0.15) is 46.6 Å². The van der Waals surface area contributed by atoms with Crippen LogP contribution in [-0.4, -0.2) is 72.1 Å². The number of oxime groups is 1. The first-order chi connectivity index (χ1) is 26.8. The quantitative estimate of drug-likeness (QED) is 0.0557. The average Bonchev–Trinajstić information content (AvgIpc) is 3.96. The monoisotopic (exact) mass is 787 g/mol. The molecule has 2 aliphatic heterocycles. The molecule has 2 aliphatic rings. The summed E-state index contributed by atoms with van der Waals surface area (Å²) in [5.41, 5.74) is 3.60. The molecule has 3 aromatic carbocycles. The number of thioether (sulfide) groups is 1. The molecule has 0 saturated carbocycles. The summed E-state index contributed by atoms with van der Waals surface area (Å²) in [6.07, 6.45) is 7.11. The number of benzene rings is 3. The highest BCUT2D eigenvalue weighted by atomic mass is 32.2. The van der Waals surface area contributed by atoms with Crippen molar-refractivity contribution >= 4 is 74.0 Å². The lowest BCUT2D eigenvalue weighted by Gasteiger charge is -2.49. The lowest BCUT2D eigenvalue weighted by molar-refractivity contribution is -0.150. The second kappa shape index (κ2) is 15.0. The number of nitrogens with zero attached hydrogens (tertiary/aromatic N) is 5. The van der Waals surface area contributed by atoms with Crippen molar-refractivity contribution in [2.75, 3.05) is 18.2 Å². The molecule has 0 bridgehead atoms. The van der Waals surface area contributed by atoms with Gasteiger partial charge in [0.05, 0.1) is 6.20 Å². The third-order valence-electron chi connectivity index (χ3n) is 9.52. The van der Waals surface area contributed by atoms with Crippen LogP contribution in [0, 0.1) is 6.92 Å². The Morgan fingerprint density at radius 3 is 2.20 bits per heavy atom. The predicted octanol–water partition coefficient (Wildman–Crippen LogP) is 6.37. The number of aliphatic carboxylic acids is 1. The van der Waals surface area contributed by atoms with Gasteiger partial charge in [-0.15, -0.1) is 34.4 Å². The van der Waals surface area contributed by atoms with Crippen LogP contribution in [0.3, 0.4) is 0 Å². The lowest BCUT2D eigenvalue weighted by atomic mass is 9.77. The van der Waals surface area contributed by atoms with Gasteiger partial charge in [-0.25, -0.2) is 14.8 Å². The number of anilines is 1. The molecule has 1 fully saturated rings. The minimum Gasteiger partial charge on any atom is -0.477 e. The molecule has 0 aliphatic carbocycles. The number of hydrogen-bond acceptors (Lipinski definition) is 11. The first-order valence-corrected chi connectivity index (χ1v) is 19.9. The van der Waals surface area contributed by atoms with E-state index in [1.165, 1.54) is 46.4 Å². The first-order valence-electron chi connectivity index (χ1n) is 17.1. The van der Waals surface area contributed by atoms with Crippen LogP contribution in [0.4, 0.5) is 5.13 Å². The Bertz CT molecular complexity index is 2400. The van der Waals surface area contributed by atoms with Gasteiger partial charge in [-0.05, 0) is 35.3 Å². The maximum atomic E-state index is 13.8. The van der Waals surface area contributed by atoms with Gasteiger partial charge in [-0.2, -0.15) is 0 Å². The van der Waals surface area contributed by atoms with E-state index in [2.05, 4.69) is 57.2 Å². The molecule has 3 aromatic heterocycles. The third-order valence-corrected chi connectivity index (χ3v) is 12.7. The summed E-state index contributed by atoms with van der Waals surface area (Å²) in [6.45, 7) is 1.96. The summed E-state index contributed by atoms with van der Waals surface area (Å²) in [5, 5.41) is 22.3. The van der Waals surface area contributed by atoms with E-state index in [0.29, 0.717) is 16.5 Å². The van der Waals surface area contributed by atoms with Crippen molar-refractivity contribution in [2.45, 2.75) is 23.9 Å². The van der Waals surface area contributed by atoms with Gasteiger partial charge < -0.3 is 20.6 Å². The molecule has 2 amide bonds. The Morgan fingerprint density at radius 1 is 0.982 bits per heavy atom. The highest BCUT2D eigenvalue weighted by Gasteiger charge is 2.54. The van der Waals surface area contributed by atoms with Gasteiger partial charge in [0, 0.05) is 21.7 Å². The minimum atomic E-state index is -1.22. The van der Waals surface area contributed by atoms with Gasteiger partial charge in [0.2, 0.25) is 0 Å². The normalized spacial score (nSPS) is 17.3. The Balaban J connectivity index is 1.04. The van der Waals surface area contributed by atoms with Crippen molar-refractivity contribution in [1.82, 2.24) is 24.6 Å². The summed E-state index contributed by atoms with van der Waals surface area (Å²) in [5.74, 6) is -2.10. The summed E-state index contributed by atoms with van der Waals surface area (Å²) < 4.78 is 1.96. The molecule has 3 N–H and O–H groups in total. The van der Waals surface area contributed by atoms with Crippen LogP contribution < -0.4 is 10.6 Å². The van der Waals surface area contributed by atoms with Crippen LogP contribution in [0.15, 0.2) is 131 Å². The standard InChI is InChI=1S/C40H33N7O5S3/c1-24-30(55-31-20-41-23-46(24)31)19-18-25-21-53-37-33(36(49)47(37)34(25)38(50)51)43-35(48)32(45-52-2)29-22-54-39(42-29)44-40(26-12-6-3-7-13-26,27-14-8-4-9-15-27)28-16-10-5-11-17-28/h3-20,22-23,33,37H,21H2,1-2H3,(H,42,44)(H,43,48)(H,50,51)/t33-,37-/m1/s1. The van der Waals surface area contributed by atoms with E-state index in [0.717, 1.165) is 32.1 Å². The van der Waals surface area contributed by atoms with Crippen LogP contribution in [0.5, 0.6) is 0 Å². The molecule has 0 radical (unpaired) electrons. The maximum Gasteiger partial charge on any atom is 0.352 e. The molecule has 0 spiro atoms. The molecule has 1 saturated heterocycles. The van der Waals surface area contributed by atoms with E-state index in [1.807, 2.05) is 72.0 Å². The summed E-state index contributed by atoms with van der Waals surface area (Å²) in [7, 11) is 1.33.